The van der Waals surface area contributed by atoms with E-state index < -0.39 is 15.1 Å². The molecule has 0 unspecified atom stereocenters. The number of aryl methyl sites for hydroxylation is 1. The third-order valence-corrected chi connectivity index (χ3v) is 1.76. The summed E-state index contributed by atoms with van der Waals surface area (Å²) in [5.74, 6) is -0.0379. The summed E-state index contributed by atoms with van der Waals surface area (Å²) in [6.45, 7) is 1.12. The van der Waals surface area contributed by atoms with Crippen LogP contribution in [0.5, 0.6) is 5.75 Å². The second-order valence-electron chi connectivity index (χ2n) is 2.61. The number of aliphatic hydroxyl groups is 2. The Morgan fingerprint density at radius 1 is 1.31 bits per heavy atom. The predicted octanol–water partition coefficient (Wildman–Crippen LogP) is 1.88. The number of aliphatic hydroxyl groups excluding tert-OH is 2. The van der Waals surface area contributed by atoms with Gasteiger partial charge in [-0.05, 0) is 6.92 Å². The molecule has 0 aliphatic carbocycles. The third kappa shape index (κ3) is 5.62. The molecule has 1 heterocycles. The summed E-state index contributed by atoms with van der Waals surface area (Å²) in [4.78, 5) is 3.84. The Kier molecular flexibility index (Phi) is 12.3. The fourth-order valence-electron chi connectivity index (χ4n) is 0.997. The SMILES string of the molecule is Cc1ncc(CO)c(CO)c1O.Cl.[Cl][Zn][Cl]. The predicted molar refractivity (Wildman–Crippen MR) is 61.4 cm³/mol. The van der Waals surface area contributed by atoms with Gasteiger partial charge in [-0.3, -0.25) is 4.98 Å². The van der Waals surface area contributed by atoms with Crippen molar-refractivity contribution in [3.05, 3.63) is 23.0 Å². The number of pyridine rings is 1. The molecule has 90 valence electrons. The summed E-state index contributed by atoms with van der Waals surface area (Å²) in [7, 11) is 9.90. The second-order valence-corrected chi connectivity index (χ2v) is 7.24. The minimum absolute atomic E-state index is 0. The first kappa shape index (κ1) is 18.7. The van der Waals surface area contributed by atoms with Gasteiger partial charge in [-0.25, -0.2) is 0 Å². The van der Waals surface area contributed by atoms with Gasteiger partial charge < -0.3 is 15.3 Å². The van der Waals surface area contributed by atoms with Crippen molar-refractivity contribution in [2.75, 3.05) is 0 Å². The Morgan fingerprint density at radius 3 is 2.19 bits per heavy atom. The van der Waals surface area contributed by atoms with E-state index in [0.29, 0.717) is 16.8 Å². The van der Waals surface area contributed by atoms with Gasteiger partial charge in [0.05, 0.1) is 18.9 Å². The van der Waals surface area contributed by atoms with Crippen LogP contribution in [-0.2, 0) is 28.4 Å². The summed E-state index contributed by atoms with van der Waals surface area (Å²) in [6, 6.07) is 0. The number of halogens is 3. The zero-order chi connectivity index (χ0) is 11.8. The number of nitrogens with zero attached hydrogens (tertiary/aromatic N) is 1. The molecule has 0 saturated carbocycles. The maximum absolute atomic E-state index is 9.38. The molecule has 0 aliphatic heterocycles. The van der Waals surface area contributed by atoms with E-state index in [1.165, 1.54) is 6.20 Å². The molecule has 0 aliphatic rings. The van der Waals surface area contributed by atoms with E-state index in [2.05, 4.69) is 4.98 Å². The van der Waals surface area contributed by atoms with Gasteiger partial charge >= 0.3 is 34.5 Å². The normalized spacial score (nSPS) is 8.31. The van der Waals surface area contributed by atoms with Crippen molar-refractivity contribution >= 4 is 31.8 Å². The first-order chi connectivity index (χ1) is 7.12. The molecule has 0 radical (unpaired) electrons. The van der Waals surface area contributed by atoms with Crippen LogP contribution >= 0.6 is 31.8 Å². The van der Waals surface area contributed by atoms with E-state index in [1.807, 2.05) is 0 Å². The average Bonchev–Trinajstić information content (AvgIpc) is 2.23. The fraction of sp³-hybridized carbons (Fsp3) is 0.375. The van der Waals surface area contributed by atoms with Gasteiger partial charge in [0.2, 0.25) is 0 Å². The van der Waals surface area contributed by atoms with Gasteiger partial charge in [0.1, 0.15) is 5.75 Å². The van der Waals surface area contributed by atoms with E-state index >= 15 is 0 Å². The Labute approximate surface area is 116 Å². The van der Waals surface area contributed by atoms with Crippen molar-refractivity contribution < 1.29 is 30.5 Å². The number of rotatable bonds is 2. The zero-order valence-electron chi connectivity index (χ0n) is 8.65. The Balaban J connectivity index is 0. The summed E-state index contributed by atoms with van der Waals surface area (Å²) >= 11 is -0.931. The average molecular weight is 342 g/mol. The molecule has 4 nitrogen and oxygen atoms in total. The fourth-order valence-corrected chi connectivity index (χ4v) is 0.997. The molecule has 0 atom stereocenters. The monoisotopic (exact) mass is 339 g/mol. The Hall–Kier alpha value is 0.363. The van der Waals surface area contributed by atoms with Crippen molar-refractivity contribution in [3.8, 4) is 5.75 Å². The van der Waals surface area contributed by atoms with Crippen molar-refractivity contribution in [1.82, 2.24) is 4.98 Å². The van der Waals surface area contributed by atoms with Gasteiger partial charge in [0.15, 0.2) is 0 Å². The van der Waals surface area contributed by atoms with Crippen LogP contribution < -0.4 is 0 Å². The molecule has 0 amide bonds. The Bertz CT molecular complexity index is 315. The quantitative estimate of drug-likeness (QED) is 0.718. The van der Waals surface area contributed by atoms with E-state index in [-0.39, 0.29) is 31.4 Å². The number of hydrogen-bond donors (Lipinski definition) is 3. The molecule has 0 bridgehead atoms. The van der Waals surface area contributed by atoms with Crippen LogP contribution in [-0.4, -0.2) is 20.3 Å². The maximum atomic E-state index is 9.38. The molecule has 1 aromatic rings. The van der Waals surface area contributed by atoms with E-state index in [1.54, 1.807) is 6.92 Å². The molecule has 1 aromatic heterocycles. The van der Waals surface area contributed by atoms with Gasteiger partial charge in [-0.15, -0.1) is 12.4 Å². The molecule has 0 spiro atoms. The van der Waals surface area contributed by atoms with Crippen LogP contribution in [0, 0.1) is 6.92 Å². The van der Waals surface area contributed by atoms with E-state index in [0.717, 1.165) is 0 Å². The number of hydrogen-bond acceptors (Lipinski definition) is 4. The molecular weight excluding hydrogens is 330 g/mol. The van der Waals surface area contributed by atoms with Gasteiger partial charge in [-0.1, -0.05) is 0 Å². The molecule has 0 fully saturated rings. The second kappa shape index (κ2) is 10.5. The van der Waals surface area contributed by atoms with Crippen molar-refractivity contribution in [1.29, 1.82) is 0 Å². The first-order valence-corrected chi connectivity index (χ1v) is 11.9. The van der Waals surface area contributed by atoms with Gasteiger partial charge in [0, 0.05) is 17.3 Å². The molecule has 16 heavy (non-hydrogen) atoms. The molecule has 8 heteroatoms. The topological polar surface area (TPSA) is 73.6 Å². The van der Waals surface area contributed by atoms with Crippen molar-refractivity contribution in [2.45, 2.75) is 20.1 Å². The minimum atomic E-state index is -0.931. The summed E-state index contributed by atoms with van der Waals surface area (Å²) in [6.07, 6.45) is 1.45. The van der Waals surface area contributed by atoms with Crippen LogP contribution in [0.15, 0.2) is 6.20 Å². The van der Waals surface area contributed by atoms with Crippen LogP contribution in [0.25, 0.3) is 0 Å². The van der Waals surface area contributed by atoms with Crippen LogP contribution in [0.2, 0.25) is 0 Å². The zero-order valence-corrected chi connectivity index (χ0v) is 13.9. The van der Waals surface area contributed by atoms with Crippen LogP contribution in [0.3, 0.4) is 0 Å². The number of aromatic hydroxyl groups is 1. The van der Waals surface area contributed by atoms with Gasteiger partial charge in [-0.2, -0.15) is 0 Å². The third-order valence-electron chi connectivity index (χ3n) is 1.76. The molecule has 0 saturated heterocycles. The number of aromatic nitrogens is 1. The van der Waals surface area contributed by atoms with Gasteiger partial charge in [0.25, 0.3) is 0 Å². The standard InChI is InChI=1S/C8H11NO3.3ClH.Zn/c1-5-8(12)7(4-11)6(3-10)2-9-5;;;;/h2,10-12H,3-4H2,1H3;3*1H;/q;;;;+2/p-2. The summed E-state index contributed by atoms with van der Waals surface area (Å²) < 4.78 is 0. The molecular formula is C8H12Cl3NO3Zn. The van der Waals surface area contributed by atoms with Crippen molar-refractivity contribution in [3.63, 3.8) is 0 Å². The molecule has 0 aromatic carbocycles. The van der Waals surface area contributed by atoms with Crippen molar-refractivity contribution in [2.24, 2.45) is 0 Å². The Morgan fingerprint density at radius 2 is 1.81 bits per heavy atom. The molecule has 1 rings (SSSR count). The van der Waals surface area contributed by atoms with E-state index in [9.17, 15) is 5.11 Å². The molecule has 3 N–H and O–H groups in total. The summed E-state index contributed by atoms with van der Waals surface area (Å²) in [5, 5.41) is 27.0. The van der Waals surface area contributed by atoms with Crippen LogP contribution in [0.4, 0.5) is 0 Å². The van der Waals surface area contributed by atoms with E-state index in [4.69, 9.17) is 29.6 Å². The van der Waals surface area contributed by atoms with Crippen LogP contribution in [0.1, 0.15) is 16.8 Å². The summed E-state index contributed by atoms with van der Waals surface area (Å²) in [5.41, 5.74) is 1.27. The first-order valence-electron chi connectivity index (χ1n) is 4.12.